The largest absolute Gasteiger partial charge is 0.493 e. The number of hydrogen-bond donors (Lipinski definition) is 2. The number of benzene rings is 2. The average molecular weight is 412 g/mol. The molecule has 30 heavy (non-hydrogen) atoms. The standard InChI is InChI=1S/C21H21FN4O4/c1-26-9-8-24-20(26)19(13-4-3-5-15(22)10-13)25-21(28)14-6-7-16(17(11-14)29-2)30-12-18(23)27/h3-11,19H,12H2,1-2H3,(H2,23,27)(H,25,28). The van der Waals surface area contributed by atoms with E-state index in [1.165, 1.54) is 37.4 Å². The van der Waals surface area contributed by atoms with E-state index in [1.807, 2.05) is 0 Å². The molecule has 2 amide bonds. The Bertz CT molecular complexity index is 1070. The first-order valence-corrected chi connectivity index (χ1v) is 9.01. The van der Waals surface area contributed by atoms with Crippen LogP contribution in [0.4, 0.5) is 4.39 Å². The Morgan fingerprint density at radius 3 is 2.67 bits per heavy atom. The van der Waals surface area contributed by atoms with E-state index in [-0.39, 0.29) is 23.7 Å². The van der Waals surface area contributed by atoms with Crippen LogP contribution < -0.4 is 20.5 Å². The van der Waals surface area contributed by atoms with E-state index in [0.717, 1.165) is 0 Å². The Hall–Kier alpha value is -3.88. The van der Waals surface area contributed by atoms with Gasteiger partial charge in [-0.2, -0.15) is 0 Å². The number of ether oxygens (including phenoxy) is 2. The molecule has 0 saturated carbocycles. The molecule has 1 unspecified atom stereocenters. The zero-order valence-electron chi connectivity index (χ0n) is 16.5. The van der Waals surface area contributed by atoms with Crippen molar-refractivity contribution in [1.29, 1.82) is 0 Å². The van der Waals surface area contributed by atoms with E-state index in [2.05, 4.69) is 10.3 Å². The molecule has 0 fully saturated rings. The summed E-state index contributed by atoms with van der Waals surface area (Å²) in [4.78, 5) is 28.2. The van der Waals surface area contributed by atoms with Gasteiger partial charge in [-0.05, 0) is 35.9 Å². The second kappa shape index (κ2) is 9.08. The molecule has 0 aliphatic rings. The molecule has 0 radical (unpaired) electrons. The van der Waals surface area contributed by atoms with Crippen molar-refractivity contribution in [2.75, 3.05) is 13.7 Å². The summed E-state index contributed by atoms with van der Waals surface area (Å²) < 4.78 is 26.1. The van der Waals surface area contributed by atoms with E-state index in [1.54, 1.807) is 36.1 Å². The second-order valence-electron chi connectivity index (χ2n) is 6.48. The topological polar surface area (TPSA) is 108 Å². The van der Waals surface area contributed by atoms with Gasteiger partial charge < -0.3 is 25.1 Å². The molecule has 3 rings (SSSR count). The minimum absolute atomic E-state index is 0.267. The number of nitrogens with two attached hydrogens (primary N) is 1. The van der Waals surface area contributed by atoms with Crippen LogP contribution in [-0.4, -0.2) is 35.1 Å². The number of aromatic nitrogens is 2. The predicted molar refractivity (Wildman–Crippen MR) is 107 cm³/mol. The number of methoxy groups -OCH3 is 1. The third-order valence-corrected chi connectivity index (χ3v) is 4.37. The summed E-state index contributed by atoms with van der Waals surface area (Å²) in [6.45, 7) is -0.317. The number of carbonyl (C=O) groups is 2. The van der Waals surface area contributed by atoms with Gasteiger partial charge in [-0.15, -0.1) is 0 Å². The van der Waals surface area contributed by atoms with Gasteiger partial charge in [0.15, 0.2) is 18.1 Å². The van der Waals surface area contributed by atoms with E-state index in [9.17, 15) is 14.0 Å². The highest BCUT2D eigenvalue weighted by atomic mass is 19.1. The van der Waals surface area contributed by atoms with Gasteiger partial charge in [-0.3, -0.25) is 9.59 Å². The molecule has 8 nitrogen and oxygen atoms in total. The van der Waals surface area contributed by atoms with Crippen molar-refractivity contribution >= 4 is 11.8 Å². The summed E-state index contributed by atoms with van der Waals surface area (Å²) in [5.41, 5.74) is 5.92. The first-order chi connectivity index (χ1) is 14.4. The van der Waals surface area contributed by atoms with Crippen molar-refractivity contribution in [1.82, 2.24) is 14.9 Å². The highest BCUT2D eigenvalue weighted by Crippen LogP contribution is 2.29. The average Bonchev–Trinajstić information content (AvgIpc) is 3.15. The molecule has 9 heteroatoms. The third-order valence-electron chi connectivity index (χ3n) is 4.37. The van der Waals surface area contributed by atoms with E-state index < -0.39 is 23.7 Å². The molecule has 1 atom stereocenters. The fourth-order valence-electron chi connectivity index (χ4n) is 2.93. The highest BCUT2D eigenvalue weighted by Gasteiger charge is 2.22. The maximum atomic E-state index is 13.8. The highest BCUT2D eigenvalue weighted by molar-refractivity contribution is 5.95. The Balaban J connectivity index is 1.89. The molecule has 0 bridgehead atoms. The van der Waals surface area contributed by atoms with Crippen LogP contribution in [0.3, 0.4) is 0 Å². The molecular formula is C21H21FN4O4. The molecule has 3 N–H and O–H groups in total. The minimum Gasteiger partial charge on any atom is -0.493 e. The summed E-state index contributed by atoms with van der Waals surface area (Å²) in [6, 6.07) is 9.80. The van der Waals surface area contributed by atoms with Gasteiger partial charge in [0.25, 0.3) is 11.8 Å². The summed E-state index contributed by atoms with van der Waals surface area (Å²) in [5.74, 6) is -0.387. The second-order valence-corrected chi connectivity index (χ2v) is 6.48. The Labute approximate surface area is 172 Å². The number of hydrogen-bond acceptors (Lipinski definition) is 5. The zero-order valence-corrected chi connectivity index (χ0v) is 16.5. The maximum absolute atomic E-state index is 13.8. The number of amides is 2. The van der Waals surface area contributed by atoms with Crippen LogP contribution in [0.5, 0.6) is 11.5 Å². The van der Waals surface area contributed by atoms with Crippen molar-refractivity contribution in [3.05, 3.63) is 77.6 Å². The molecule has 0 saturated heterocycles. The number of rotatable bonds is 8. The number of nitrogens with zero attached hydrogens (tertiary/aromatic N) is 2. The number of primary amides is 1. The van der Waals surface area contributed by atoms with Crippen molar-refractivity contribution < 1.29 is 23.5 Å². The van der Waals surface area contributed by atoms with Crippen LogP contribution in [0.2, 0.25) is 0 Å². The lowest BCUT2D eigenvalue weighted by Crippen LogP contribution is -2.31. The lowest BCUT2D eigenvalue weighted by Gasteiger charge is -2.20. The van der Waals surface area contributed by atoms with Crippen LogP contribution >= 0.6 is 0 Å². The van der Waals surface area contributed by atoms with Gasteiger partial charge in [0.2, 0.25) is 0 Å². The van der Waals surface area contributed by atoms with Gasteiger partial charge >= 0.3 is 0 Å². The van der Waals surface area contributed by atoms with Crippen molar-refractivity contribution in [2.24, 2.45) is 12.8 Å². The van der Waals surface area contributed by atoms with Gasteiger partial charge in [-0.25, -0.2) is 9.37 Å². The molecule has 0 spiro atoms. The monoisotopic (exact) mass is 412 g/mol. The van der Waals surface area contributed by atoms with Crippen LogP contribution in [0.25, 0.3) is 0 Å². The van der Waals surface area contributed by atoms with E-state index in [0.29, 0.717) is 11.4 Å². The fraction of sp³-hybridized carbons (Fsp3) is 0.190. The Morgan fingerprint density at radius 2 is 2.03 bits per heavy atom. The minimum atomic E-state index is -0.676. The molecule has 0 aliphatic heterocycles. The van der Waals surface area contributed by atoms with Gasteiger partial charge in [0.05, 0.1) is 7.11 Å². The van der Waals surface area contributed by atoms with Crippen LogP contribution in [0.1, 0.15) is 27.8 Å². The first-order valence-electron chi connectivity index (χ1n) is 9.01. The van der Waals surface area contributed by atoms with Crippen LogP contribution in [-0.2, 0) is 11.8 Å². The lowest BCUT2D eigenvalue weighted by atomic mass is 10.0. The molecule has 2 aromatic carbocycles. The first kappa shape index (κ1) is 20.8. The van der Waals surface area contributed by atoms with Crippen molar-refractivity contribution in [3.63, 3.8) is 0 Å². The Kier molecular flexibility index (Phi) is 6.31. The normalized spacial score (nSPS) is 11.6. The van der Waals surface area contributed by atoms with Crippen LogP contribution in [0, 0.1) is 5.82 Å². The number of nitrogens with one attached hydrogen (secondary N) is 1. The molecule has 1 heterocycles. The number of aryl methyl sites for hydroxylation is 1. The number of carbonyl (C=O) groups excluding carboxylic acids is 2. The van der Waals surface area contributed by atoms with Gasteiger partial charge in [-0.1, -0.05) is 12.1 Å². The van der Waals surface area contributed by atoms with Crippen LogP contribution in [0.15, 0.2) is 54.9 Å². The van der Waals surface area contributed by atoms with Gasteiger partial charge in [0.1, 0.15) is 17.7 Å². The smallest absolute Gasteiger partial charge is 0.255 e. The third kappa shape index (κ3) is 4.75. The summed E-state index contributed by atoms with van der Waals surface area (Å²) in [6.07, 6.45) is 3.34. The van der Waals surface area contributed by atoms with E-state index >= 15 is 0 Å². The number of imidazole rings is 1. The molecule has 156 valence electrons. The molecule has 0 aliphatic carbocycles. The number of halogens is 1. The quantitative estimate of drug-likeness (QED) is 0.588. The SMILES string of the molecule is COc1cc(C(=O)NC(c2cccc(F)c2)c2nccn2C)ccc1OCC(N)=O. The van der Waals surface area contributed by atoms with E-state index in [4.69, 9.17) is 15.2 Å². The maximum Gasteiger partial charge on any atom is 0.255 e. The van der Waals surface area contributed by atoms with Crippen molar-refractivity contribution in [2.45, 2.75) is 6.04 Å². The lowest BCUT2D eigenvalue weighted by molar-refractivity contribution is -0.119. The molecule has 3 aromatic rings. The molecular weight excluding hydrogens is 391 g/mol. The fourth-order valence-corrected chi connectivity index (χ4v) is 2.93. The zero-order chi connectivity index (χ0) is 21.7. The molecule has 1 aromatic heterocycles. The predicted octanol–water partition coefficient (Wildman–Crippen LogP) is 1.95. The Morgan fingerprint density at radius 1 is 1.23 bits per heavy atom. The summed E-state index contributed by atoms with van der Waals surface area (Å²) >= 11 is 0. The van der Waals surface area contributed by atoms with Crippen molar-refractivity contribution in [3.8, 4) is 11.5 Å². The summed E-state index contributed by atoms with van der Waals surface area (Å²) in [5, 5.41) is 2.88. The van der Waals surface area contributed by atoms with Gasteiger partial charge in [0, 0.05) is 25.0 Å². The summed E-state index contributed by atoms with van der Waals surface area (Å²) in [7, 11) is 3.20.